The largest absolute Gasteiger partial charge is 0.449 e. The molecule has 1 aliphatic heterocycles. The minimum atomic E-state index is -0.714. The van der Waals surface area contributed by atoms with Gasteiger partial charge in [-0.05, 0) is 37.0 Å². The average molecular weight is 304 g/mol. The van der Waals surface area contributed by atoms with E-state index in [9.17, 15) is 14.4 Å². The topological polar surface area (TPSA) is 84.5 Å². The highest BCUT2D eigenvalue weighted by Gasteiger charge is 2.24. The Hall–Kier alpha value is -2.37. The molecule has 0 saturated carbocycles. The van der Waals surface area contributed by atoms with Gasteiger partial charge in [-0.3, -0.25) is 9.59 Å². The number of hydrogen-bond acceptors (Lipinski definition) is 4. The number of rotatable bonds is 4. The first-order valence-corrected chi connectivity index (χ1v) is 7.38. The molecule has 1 atom stereocenters. The van der Waals surface area contributed by atoms with Crippen LogP contribution in [0.25, 0.3) is 0 Å². The number of nitrogens with one attached hydrogen (secondary N) is 2. The minimum Gasteiger partial charge on any atom is -0.449 e. The molecule has 2 rings (SSSR count). The molecule has 1 unspecified atom stereocenters. The van der Waals surface area contributed by atoms with Crippen molar-refractivity contribution in [2.24, 2.45) is 0 Å². The lowest BCUT2D eigenvalue weighted by atomic mass is 10.1. The van der Waals surface area contributed by atoms with Crippen molar-refractivity contribution in [2.75, 3.05) is 6.54 Å². The SMILES string of the molecule is CC(=O)NCc1ccc(C(=O)OC2CCCCNC2=O)cc1. The van der Waals surface area contributed by atoms with Gasteiger partial charge in [-0.25, -0.2) is 4.79 Å². The first-order chi connectivity index (χ1) is 10.6. The third kappa shape index (κ3) is 4.58. The summed E-state index contributed by atoms with van der Waals surface area (Å²) in [5, 5.41) is 5.41. The van der Waals surface area contributed by atoms with Gasteiger partial charge in [-0.15, -0.1) is 0 Å². The zero-order valence-electron chi connectivity index (χ0n) is 12.6. The summed E-state index contributed by atoms with van der Waals surface area (Å²) in [6.07, 6.45) is 1.59. The maximum Gasteiger partial charge on any atom is 0.338 e. The molecule has 22 heavy (non-hydrogen) atoms. The highest BCUT2D eigenvalue weighted by atomic mass is 16.5. The summed E-state index contributed by atoms with van der Waals surface area (Å²) >= 11 is 0. The lowest BCUT2D eigenvalue weighted by Crippen LogP contribution is -2.36. The van der Waals surface area contributed by atoms with E-state index in [1.807, 2.05) is 0 Å². The summed E-state index contributed by atoms with van der Waals surface area (Å²) in [4.78, 5) is 34.7. The Morgan fingerprint density at radius 2 is 2.00 bits per heavy atom. The van der Waals surface area contributed by atoms with Crippen LogP contribution in [0.1, 0.15) is 42.1 Å². The Morgan fingerprint density at radius 3 is 2.68 bits per heavy atom. The van der Waals surface area contributed by atoms with Crippen molar-refractivity contribution in [2.45, 2.75) is 38.8 Å². The number of hydrogen-bond donors (Lipinski definition) is 2. The summed E-state index contributed by atoms with van der Waals surface area (Å²) in [5.41, 5.74) is 1.28. The molecule has 2 amide bonds. The third-order valence-electron chi connectivity index (χ3n) is 3.47. The Labute approximate surface area is 129 Å². The van der Waals surface area contributed by atoms with E-state index in [1.165, 1.54) is 6.92 Å². The van der Waals surface area contributed by atoms with Crippen molar-refractivity contribution in [3.63, 3.8) is 0 Å². The van der Waals surface area contributed by atoms with Crippen molar-refractivity contribution in [1.82, 2.24) is 10.6 Å². The number of ether oxygens (including phenoxy) is 1. The Morgan fingerprint density at radius 1 is 1.27 bits per heavy atom. The fourth-order valence-electron chi connectivity index (χ4n) is 2.21. The second kappa shape index (κ2) is 7.59. The summed E-state index contributed by atoms with van der Waals surface area (Å²) in [6.45, 7) is 2.49. The van der Waals surface area contributed by atoms with Gasteiger partial charge >= 0.3 is 5.97 Å². The first kappa shape index (κ1) is 16.0. The molecule has 1 heterocycles. The van der Waals surface area contributed by atoms with Crippen LogP contribution in [0.5, 0.6) is 0 Å². The first-order valence-electron chi connectivity index (χ1n) is 7.38. The maximum atomic E-state index is 12.1. The van der Waals surface area contributed by atoms with E-state index in [4.69, 9.17) is 4.74 Å². The number of carbonyl (C=O) groups is 3. The molecule has 6 nitrogen and oxygen atoms in total. The fraction of sp³-hybridized carbons (Fsp3) is 0.438. The molecule has 6 heteroatoms. The van der Waals surface area contributed by atoms with E-state index in [0.717, 1.165) is 18.4 Å². The van der Waals surface area contributed by atoms with Crippen LogP contribution >= 0.6 is 0 Å². The monoisotopic (exact) mass is 304 g/mol. The van der Waals surface area contributed by atoms with Gasteiger partial charge in [0.15, 0.2) is 6.10 Å². The van der Waals surface area contributed by atoms with Crippen LogP contribution in [0, 0.1) is 0 Å². The van der Waals surface area contributed by atoms with Crippen LogP contribution in [0.15, 0.2) is 24.3 Å². The average Bonchev–Trinajstić information content (AvgIpc) is 2.70. The van der Waals surface area contributed by atoms with Crippen molar-refractivity contribution < 1.29 is 19.1 Å². The molecular weight excluding hydrogens is 284 g/mol. The number of esters is 1. The van der Waals surface area contributed by atoms with Gasteiger partial charge in [0.1, 0.15) is 0 Å². The summed E-state index contributed by atoms with van der Waals surface area (Å²) < 4.78 is 5.29. The molecule has 0 aromatic heterocycles. The highest BCUT2D eigenvalue weighted by molar-refractivity contribution is 5.92. The van der Waals surface area contributed by atoms with Crippen LogP contribution in [-0.2, 0) is 20.9 Å². The minimum absolute atomic E-state index is 0.108. The zero-order valence-corrected chi connectivity index (χ0v) is 12.6. The number of benzene rings is 1. The van der Waals surface area contributed by atoms with Gasteiger partial charge in [0.05, 0.1) is 5.56 Å². The molecule has 1 aromatic carbocycles. The Bertz CT molecular complexity index is 554. The summed E-state index contributed by atoms with van der Waals surface area (Å²) in [7, 11) is 0. The van der Waals surface area contributed by atoms with Gasteiger partial charge in [0.25, 0.3) is 5.91 Å². The fourth-order valence-corrected chi connectivity index (χ4v) is 2.21. The van der Waals surface area contributed by atoms with E-state index >= 15 is 0 Å². The lowest BCUT2D eigenvalue weighted by Gasteiger charge is -2.14. The standard InChI is InChI=1S/C16H20N2O4/c1-11(19)18-10-12-5-7-13(8-6-12)16(21)22-14-4-2-3-9-17-15(14)20/h5-8,14H,2-4,9-10H2,1H3,(H,17,20)(H,18,19). The van der Waals surface area contributed by atoms with Crippen molar-refractivity contribution >= 4 is 17.8 Å². The highest BCUT2D eigenvalue weighted by Crippen LogP contribution is 2.13. The van der Waals surface area contributed by atoms with Gasteiger partial charge in [0, 0.05) is 20.0 Å². The zero-order chi connectivity index (χ0) is 15.9. The second-order valence-electron chi connectivity index (χ2n) is 5.29. The quantitative estimate of drug-likeness (QED) is 0.817. The van der Waals surface area contributed by atoms with E-state index < -0.39 is 12.1 Å². The van der Waals surface area contributed by atoms with Gasteiger partial charge < -0.3 is 15.4 Å². The smallest absolute Gasteiger partial charge is 0.338 e. The molecule has 0 spiro atoms. The van der Waals surface area contributed by atoms with Crippen molar-refractivity contribution in [3.8, 4) is 0 Å². The van der Waals surface area contributed by atoms with E-state index in [1.54, 1.807) is 24.3 Å². The van der Waals surface area contributed by atoms with Gasteiger partial charge in [0.2, 0.25) is 5.91 Å². The predicted octanol–water partition coefficient (Wildman–Crippen LogP) is 1.15. The van der Waals surface area contributed by atoms with E-state index in [2.05, 4.69) is 10.6 Å². The molecule has 118 valence electrons. The normalized spacial score (nSPS) is 18.0. The van der Waals surface area contributed by atoms with Crippen LogP contribution < -0.4 is 10.6 Å². The van der Waals surface area contributed by atoms with Crippen LogP contribution in [0.3, 0.4) is 0 Å². The molecule has 1 aromatic rings. The lowest BCUT2D eigenvalue weighted by molar-refractivity contribution is -0.129. The van der Waals surface area contributed by atoms with Crippen LogP contribution in [0.4, 0.5) is 0 Å². The van der Waals surface area contributed by atoms with Crippen LogP contribution in [-0.4, -0.2) is 30.4 Å². The van der Waals surface area contributed by atoms with Gasteiger partial charge in [-0.1, -0.05) is 12.1 Å². The molecule has 1 saturated heterocycles. The molecule has 1 fully saturated rings. The Balaban J connectivity index is 1.94. The molecular formula is C16H20N2O4. The number of carbonyl (C=O) groups excluding carboxylic acids is 3. The van der Waals surface area contributed by atoms with E-state index in [-0.39, 0.29) is 11.8 Å². The molecule has 0 radical (unpaired) electrons. The Kier molecular flexibility index (Phi) is 5.52. The van der Waals surface area contributed by atoms with Crippen molar-refractivity contribution in [3.05, 3.63) is 35.4 Å². The second-order valence-corrected chi connectivity index (χ2v) is 5.29. The van der Waals surface area contributed by atoms with Crippen LogP contribution in [0.2, 0.25) is 0 Å². The maximum absolute atomic E-state index is 12.1. The molecule has 1 aliphatic rings. The summed E-state index contributed by atoms with van der Waals surface area (Å²) in [5.74, 6) is -0.843. The third-order valence-corrected chi connectivity index (χ3v) is 3.47. The predicted molar refractivity (Wildman–Crippen MR) is 80.0 cm³/mol. The molecule has 2 N–H and O–H groups in total. The van der Waals surface area contributed by atoms with Crippen molar-refractivity contribution in [1.29, 1.82) is 0 Å². The van der Waals surface area contributed by atoms with E-state index in [0.29, 0.717) is 25.1 Å². The van der Waals surface area contributed by atoms with Gasteiger partial charge in [-0.2, -0.15) is 0 Å². The number of amides is 2. The molecule has 0 aliphatic carbocycles. The molecule has 0 bridgehead atoms. The summed E-state index contributed by atoms with van der Waals surface area (Å²) in [6, 6.07) is 6.77.